The van der Waals surface area contributed by atoms with E-state index in [4.69, 9.17) is 0 Å². The quantitative estimate of drug-likeness (QED) is 0.862. The summed E-state index contributed by atoms with van der Waals surface area (Å²) in [7, 11) is 0. The van der Waals surface area contributed by atoms with Gasteiger partial charge in [0.1, 0.15) is 5.82 Å². The van der Waals surface area contributed by atoms with Gasteiger partial charge in [-0.2, -0.15) is 0 Å². The Morgan fingerprint density at radius 2 is 1.92 bits per heavy atom. The standard InChI is InChI=1S/C21H25FN2O2/c22-18-8-6-7-17(15-18)21(11-3-1-4-12-21)16-23-19(25)10-14-24-13-5-2-9-20(24)26/h2,5-9,13,15H,1,3-4,10-12,14,16H2,(H,23,25). The molecule has 1 aliphatic rings. The first-order valence-corrected chi connectivity index (χ1v) is 9.27. The van der Waals surface area contributed by atoms with Gasteiger partial charge < -0.3 is 9.88 Å². The average Bonchev–Trinajstić information content (AvgIpc) is 2.66. The zero-order valence-electron chi connectivity index (χ0n) is 14.9. The first-order chi connectivity index (χ1) is 12.6. The summed E-state index contributed by atoms with van der Waals surface area (Å²) in [4.78, 5) is 24.0. The van der Waals surface area contributed by atoms with Gasteiger partial charge in [0.15, 0.2) is 0 Å². The highest BCUT2D eigenvalue weighted by atomic mass is 19.1. The molecule has 1 saturated carbocycles. The van der Waals surface area contributed by atoms with E-state index in [9.17, 15) is 14.0 Å². The lowest BCUT2D eigenvalue weighted by molar-refractivity contribution is -0.121. The summed E-state index contributed by atoms with van der Waals surface area (Å²) in [6.45, 7) is 0.872. The Balaban J connectivity index is 1.63. The van der Waals surface area contributed by atoms with Gasteiger partial charge in [-0.15, -0.1) is 0 Å². The predicted octanol–water partition coefficient (Wildman–Crippen LogP) is 3.40. The molecule has 1 heterocycles. The third kappa shape index (κ3) is 4.40. The van der Waals surface area contributed by atoms with Crippen molar-refractivity contribution in [3.8, 4) is 0 Å². The van der Waals surface area contributed by atoms with Crippen molar-refractivity contribution in [1.82, 2.24) is 9.88 Å². The zero-order valence-corrected chi connectivity index (χ0v) is 14.9. The monoisotopic (exact) mass is 356 g/mol. The molecule has 1 amide bonds. The summed E-state index contributed by atoms with van der Waals surface area (Å²) >= 11 is 0. The van der Waals surface area contributed by atoms with Crippen LogP contribution >= 0.6 is 0 Å². The topological polar surface area (TPSA) is 51.1 Å². The van der Waals surface area contributed by atoms with Crippen molar-refractivity contribution in [2.24, 2.45) is 0 Å². The third-order valence-electron chi connectivity index (χ3n) is 5.35. The molecule has 2 aromatic rings. The number of benzene rings is 1. The zero-order chi connectivity index (χ0) is 18.4. The summed E-state index contributed by atoms with van der Waals surface area (Å²) in [6.07, 6.45) is 7.21. The number of hydrogen-bond acceptors (Lipinski definition) is 2. The molecule has 1 aliphatic carbocycles. The van der Waals surface area contributed by atoms with Gasteiger partial charge in [-0.25, -0.2) is 4.39 Å². The van der Waals surface area contributed by atoms with Crippen molar-refractivity contribution in [3.05, 3.63) is 70.4 Å². The average molecular weight is 356 g/mol. The van der Waals surface area contributed by atoms with E-state index in [0.717, 1.165) is 31.2 Å². The smallest absolute Gasteiger partial charge is 0.250 e. The fraction of sp³-hybridized carbons (Fsp3) is 0.429. The van der Waals surface area contributed by atoms with Gasteiger partial charge in [-0.3, -0.25) is 9.59 Å². The highest BCUT2D eigenvalue weighted by Gasteiger charge is 2.34. The molecule has 0 spiro atoms. The van der Waals surface area contributed by atoms with Gasteiger partial charge in [0, 0.05) is 37.2 Å². The van der Waals surface area contributed by atoms with Gasteiger partial charge >= 0.3 is 0 Å². The molecule has 0 aliphatic heterocycles. The molecule has 1 aromatic carbocycles. The van der Waals surface area contributed by atoms with Crippen molar-refractivity contribution < 1.29 is 9.18 Å². The highest BCUT2D eigenvalue weighted by molar-refractivity contribution is 5.76. The number of nitrogens with zero attached hydrogens (tertiary/aromatic N) is 1. The number of aryl methyl sites for hydroxylation is 1. The fourth-order valence-corrected chi connectivity index (χ4v) is 3.84. The minimum absolute atomic E-state index is 0.0814. The summed E-state index contributed by atoms with van der Waals surface area (Å²) in [5.74, 6) is -0.315. The second-order valence-electron chi connectivity index (χ2n) is 7.11. The Morgan fingerprint density at radius 1 is 1.12 bits per heavy atom. The van der Waals surface area contributed by atoms with E-state index in [1.165, 1.54) is 23.1 Å². The van der Waals surface area contributed by atoms with Gasteiger partial charge in [-0.05, 0) is 36.6 Å². The van der Waals surface area contributed by atoms with E-state index in [0.29, 0.717) is 13.1 Å². The number of aromatic nitrogens is 1. The second-order valence-corrected chi connectivity index (χ2v) is 7.11. The minimum atomic E-state index is -0.234. The Labute approximate surface area is 153 Å². The molecule has 5 heteroatoms. The van der Waals surface area contributed by atoms with Crippen molar-refractivity contribution >= 4 is 5.91 Å². The second kappa shape index (κ2) is 8.30. The van der Waals surface area contributed by atoms with Crippen LogP contribution < -0.4 is 10.9 Å². The SMILES string of the molecule is O=C(CCn1ccccc1=O)NCC1(c2cccc(F)c2)CCCCC1. The molecule has 0 saturated heterocycles. The van der Waals surface area contributed by atoms with Crippen LogP contribution in [0.4, 0.5) is 4.39 Å². The predicted molar refractivity (Wildman–Crippen MR) is 99.5 cm³/mol. The maximum atomic E-state index is 13.7. The maximum Gasteiger partial charge on any atom is 0.250 e. The lowest BCUT2D eigenvalue weighted by atomic mass is 9.69. The Bertz CT molecular complexity index is 809. The number of pyridine rings is 1. The first kappa shape index (κ1) is 18.4. The molecule has 0 atom stereocenters. The minimum Gasteiger partial charge on any atom is -0.355 e. The van der Waals surface area contributed by atoms with Crippen LogP contribution in [-0.4, -0.2) is 17.0 Å². The van der Waals surface area contributed by atoms with E-state index in [1.807, 2.05) is 6.07 Å². The Hall–Kier alpha value is -2.43. The van der Waals surface area contributed by atoms with Crippen LogP contribution in [0.2, 0.25) is 0 Å². The number of amides is 1. The molecule has 4 nitrogen and oxygen atoms in total. The van der Waals surface area contributed by atoms with E-state index in [1.54, 1.807) is 30.5 Å². The van der Waals surface area contributed by atoms with Crippen LogP contribution in [0, 0.1) is 5.82 Å². The Morgan fingerprint density at radius 3 is 2.65 bits per heavy atom. The van der Waals surface area contributed by atoms with E-state index < -0.39 is 0 Å². The number of rotatable bonds is 6. The largest absolute Gasteiger partial charge is 0.355 e. The number of halogens is 1. The van der Waals surface area contributed by atoms with Crippen LogP contribution in [0.15, 0.2) is 53.5 Å². The van der Waals surface area contributed by atoms with Crippen molar-refractivity contribution in [2.75, 3.05) is 6.54 Å². The van der Waals surface area contributed by atoms with Crippen molar-refractivity contribution in [2.45, 2.75) is 50.5 Å². The van der Waals surface area contributed by atoms with E-state index in [2.05, 4.69) is 5.32 Å². The lowest BCUT2D eigenvalue weighted by Gasteiger charge is -2.38. The van der Waals surface area contributed by atoms with Gasteiger partial charge in [0.25, 0.3) is 5.56 Å². The maximum absolute atomic E-state index is 13.7. The molecule has 1 fully saturated rings. The van der Waals surface area contributed by atoms with Crippen LogP contribution in [0.5, 0.6) is 0 Å². The summed E-state index contributed by atoms with van der Waals surface area (Å²) in [5, 5.41) is 3.02. The fourth-order valence-electron chi connectivity index (χ4n) is 3.84. The lowest BCUT2D eigenvalue weighted by Crippen LogP contribution is -2.42. The molecule has 26 heavy (non-hydrogen) atoms. The first-order valence-electron chi connectivity index (χ1n) is 9.27. The number of hydrogen-bond donors (Lipinski definition) is 1. The molecule has 1 N–H and O–H groups in total. The summed E-state index contributed by atoms with van der Waals surface area (Å²) in [6, 6.07) is 11.7. The molecule has 1 aromatic heterocycles. The van der Waals surface area contributed by atoms with Crippen LogP contribution in [0.25, 0.3) is 0 Å². The molecule has 138 valence electrons. The van der Waals surface area contributed by atoms with Gasteiger partial charge in [0.05, 0.1) is 0 Å². The van der Waals surface area contributed by atoms with Crippen LogP contribution in [-0.2, 0) is 16.8 Å². The van der Waals surface area contributed by atoms with E-state index in [-0.39, 0.29) is 29.1 Å². The molecule has 0 unspecified atom stereocenters. The molecular formula is C21H25FN2O2. The van der Waals surface area contributed by atoms with Gasteiger partial charge in [-0.1, -0.05) is 37.5 Å². The number of carbonyl (C=O) groups is 1. The molecule has 0 bridgehead atoms. The van der Waals surface area contributed by atoms with Crippen LogP contribution in [0.3, 0.4) is 0 Å². The molecule has 0 radical (unpaired) electrons. The summed E-state index contributed by atoms with van der Waals surface area (Å²) in [5.41, 5.74) is 0.667. The Kier molecular flexibility index (Phi) is 5.86. The van der Waals surface area contributed by atoms with Crippen molar-refractivity contribution in [1.29, 1.82) is 0 Å². The summed E-state index contributed by atoms with van der Waals surface area (Å²) < 4.78 is 15.2. The molecule has 3 rings (SSSR count). The van der Waals surface area contributed by atoms with Crippen molar-refractivity contribution in [3.63, 3.8) is 0 Å². The third-order valence-corrected chi connectivity index (χ3v) is 5.35. The van der Waals surface area contributed by atoms with Crippen LogP contribution in [0.1, 0.15) is 44.1 Å². The number of nitrogens with one attached hydrogen (secondary N) is 1. The van der Waals surface area contributed by atoms with E-state index >= 15 is 0 Å². The normalized spacial score (nSPS) is 16.2. The van der Waals surface area contributed by atoms with Gasteiger partial charge in [0.2, 0.25) is 5.91 Å². The number of carbonyl (C=O) groups excluding carboxylic acids is 1. The highest BCUT2D eigenvalue weighted by Crippen LogP contribution is 2.39. The molecular weight excluding hydrogens is 331 g/mol.